The number of ether oxygens (including phenoxy) is 1. The minimum atomic E-state index is -0.951. The molecule has 0 saturated heterocycles. The van der Waals surface area contributed by atoms with Crippen LogP contribution >= 0.6 is 12.4 Å². The average molecular weight is 335 g/mol. The standard InChI is InChI=1S/C15H20F2N2O2.ClH/c16-13-5-4-11(8-14(13)17)21-7-6-19-15(20)12-3-1-2-10(12)9-18;/h4-5,8,10,12H,1-3,6-7,9,18H2,(H,19,20);1H/t10-,12-;/m1./s1. The van der Waals surface area contributed by atoms with Crippen LogP contribution in [0.2, 0.25) is 0 Å². The summed E-state index contributed by atoms with van der Waals surface area (Å²) in [7, 11) is 0. The number of halogens is 3. The number of hydrogen-bond acceptors (Lipinski definition) is 3. The van der Waals surface area contributed by atoms with Crippen molar-refractivity contribution in [1.82, 2.24) is 5.32 Å². The van der Waals surface area contributed by atoms with E-state index in [0.29, 0.717) is 13.1 Å². The van der Waals surface area contributed by atoms with Crippen LogP contribution in [0.1, 0.15) is 19.3 Å². The molecule has 0 unspecified atom stereocenters. The van der Waals surface area contributed by atoms with Crippen molar-refractivity contribution in [2.75, 3.05) is 19.7 Å². The van der Waals surface area contributed by atoms with Crippen molar-refractivity contribution in [3.63, 3.8) is 0 Å². The Balaban J connectivity index is 0.00000242. The van der Waals surface area contributed by atoms with Gasteiger partial charge in [0.05, 0.1) is 6.54 Å². The van der Waals surface area contributed by atoms with Gasteiger partial charge in [-0.3, -0.25) is 4.79 Å². The summed E-state index contributed by atoms with van der Waals surface area (Å²) < 4.78 is 31.0. The van der Waals surface area contributed by atoms with Crippen molar-refractivity contribution in [1.29, 1.82) is 0 Å². The van der Waals surface area contributed by atoms with Crippen molar-refractivity contribution < 1.29 is 18.3 Å². The second-order valence-corrected chi connectivity index (χ2v) is 5.25. The first-order valence-corrected chi connectivity index (χ1v) is 7.17. The molecule has 1 aromatic rings. The van der Waals surface area contributed by atoms with Crippen LogP contribution in [0.25, 0.3) is 0 Å². The van der Waals surface area contributed by atoms with Gasteiger partial charge in [0, 0.05) is 12.0 Å². The maximum absolute atomic E-state index is 13.0. The van der Waals surface area contributed by atoms with Crippen molar-refractivity contribution in [3.8, 4) is 5.75 Å². The van der Waals surface area contributed by atoms with E-state index in [-0.39, 0.29) is 42.5 Å². The monoisotopic (exact) mass is 334 g/mol. The summed E-state index contributed by atoms with van der Waals surface area (Å²) in [4.78, 5) is 12.0. The van der Waals surface area contributed by atoms with E-state index in [1.54, 1.807) is 0 Å². The van der Waals surface area contributed by atoms with E-state index in [0.717, 1.165) is 31.4 Å². The third-order valence-corrected chi connectivity index (χ3v) is 3.86. The van der Waals surface area contributed by atoms with Gasteiger partial charge in [0.1, 0.15) is 12.4 Å². The molecule has 0 aromatic heterocycles. The zero-order valence-corrected chi connectivity index (χ0v) is 13.0. The quantitative estimate of drug-likeness (QED) is 0.784. The Morgan fingerprint density at radius 1 is 1.32 bits per heavy atom. The van der Waals surface area contributed by atoms with Crippen molar-refractivity contribution in [2.45, 2.75) is 19.3 Å². The minimum Gasteiger partial charge on any atom is -0.492 e. The van der Waals surface area contributed by atoms with E-state index in [1.165, 1.54) is 6.07 Å². The zero-order valence-electron chi connectivity index (χ0n) is 12.2. The second-order valence-electron chi connectivity index (χ2n) is 5.25. The number of hydrogen-bond donors (Lipinski definition) is 2. The van der Waals surface area contributed by atoms with Gasteiger partial charge in [0.15, 0.2) is 11.6 Å². The van der Waals surface area contributed by atoms with Crippen LogP contribution in [0.5, 0.6) is 5.75 Å². The maximum Gasteiger partial charge on any atom is 0.223 e. The van der Waals surface area contributed by atoms with Crippen LogP contribution in [-0.4, -0.2) is 25.6 Å². The molecule has 1 aromatic carbocycles. The van der Waals surface area contributed by atoms with E-state index in [9.17, 15) is 13.6 Å². The molecule has 0 aliphatic heterocycles. The Morgan fingerprint density at radius 2 is 2.09 bits per heavy atom. The van der Waals surface area contributed by atoms with E-state index >= 15 is 0 Å². The average Bonchev–Trinajstić information content (AvgIpc) is 2.95. The number of carbonyl (C=O) groups is 1. The Labute approximate surface area is 134 Å². The summed E-state index contributed by atoms with van der Waals surface area (Å²) in [5.74, 6) is -1.38. The lowest BCUT2D eigenvalue weighted by atomic mass is 9.95. The van der Waals surface area contributed by atoms with E-state index in [2.05, 4.69) is 5.32 Å². The van der Waals surface area contributed by atoms with Gasteiger partial charge in [-0.05, 0) is 37.4 Å². The predicted octanol–water partition coefficient (Wildman–Crippen LogP) is 2.26. The Morgan fingerprint density at radius 3 is 2.77 bits per heavy atom. The highest BCUT2D eigenvalue weighted by molar-refractivity contribution is 5.85. The molecule has 22 heavy (non-hydrogen) atoms. The lowest BCUT2D eigenvalue weighted by Crippen LogP contribution is -2.37. The summed E-state index contributed by atoms with van der Waals surface area (Å²) in [5, 5.41) is 2.80. The molecule has 0 bridgehead atoms. The maximum atomic E-state index is 13.0. The second kappa shape index (κ2) is 8.90. The van der Waals surface area contributed by atoms with Gasteiger partial charge in [-0.15, -0.1) is 12.4 Å². The van der Waals surface area contributed by atoms with Crippen LogP contribution < -0.4 is 15.8 Å². The summed E-state index contributed by atoms with van der Waals surface area (Å²) in [6.45, 7) is 1.06. The van der Waals surface area contributed by atoms with Gasteiger partial charge in [-0.1, -0.05) is 6.42 Å². The van der Waals surface area contributed by atoms with Gasteiger partial charge in [-0.2, -0.15) is 0 Å². The molecular formula is C15H21ClF2N2O2. The van der Waals surface area contributed by atoms with Gasteiger partial charge in [0.25, 0.3) is 0 Å². The largest absolute Gasteiger partial charge is 0.492 e. The molecule has 0 heterocycles. The van der Waals surface area contributed by atoms with Gasteiger partial charge < -0.3 is 15.8 Å². The fraction of sp³-hybridized carbons (Fsp3) is 0.533. The van der Waals surface area contributed by atoms with Crippen molar-refractivity contribution >= 4 is 18.3 Å². The molecule has 1 amide bonds. The van der Waals surface area contributed by atoms with Crippen LogP contribution in [0.4, 0.5) is 8.78 Å². The first-order chi connectivity index (χ1) is 10.1. The predicted molar refractivity (Wildman–Crippen MR) is 82.0 cm³/mol. The van der Waals surface area contributed by atoms with E-state index in [1.807, 2.05) is 0 Å². The number of carbonyl (C=O) groups excluding carboxylic acids is 1. The molecule has 3 N–H and O–H groups in total. The highest BCUT2D eigenvalue weighted by Gasteiger charge is 2.31. The molecule has 124 valence electrons. The Kier molecular flexibility index (Phi) is 7.55. The topological polar surface area (TPSA) is 64.4 Å². The first kappa shape index (κ1) is 18.6. The molecule has 1 aliphatic rings. The number of rotatable bonds is 6. The SMILES string of the molecule is Cl.NC[C@H]1CCC[C@H]1C(=O)NCCOc1ccc(F)c(F)c1. The molecule has 1 saturated carbocycles. The smallest absolute Gasteiger partial charge is 0.223 e. The zero-order chi connectivity index (χ0) is 15.2. The van der Waals surface area contributed by atoms with Gasteiger partial charge in [0.2, 0.25) is 5.91 Å². The van der Waals surface area contributed by atoms with E-state index < -0.39 is 11.6 Å². The summed E-state index contributed by atoms with van der Waals surface area (Å²) in [6.07, 6.45) is 2.91. The van der Waals surface area contributed by atoms with Gasteiger partial charge in [-0.25, -0.2) is 8.78 Å². The van der Waals surface area contributed by atoms with E-state index in [4.69, 9.17) is 10.5 Å². The fourth-order valence-electron chi connectivity index (χ4n) is 2.70. The highest BCUT2D eigenvalue weighted by Crippen LogP contribution is 2.30. The third-order valence-electron chi connectivity index (χ3n) is 3.86. The normalized spacial score (nSPS) is 20.3. The van der Waals surface area contributed by atoms with Crippen molar-refractivity contribution in [3.05, 3.63) is 29.8 Å². The number of amides is 1. The number of nitrogens with one attached hydrogen (secondary N) is 1. The van der Waals surface area contributed by atoms with Crippen LogP contribution in [0, 0.1) is 23.5 Å². The molecule has 7 heteroatoms. The minimum absolute atomic E-state index is 0. The Bertz CT molecular complexity index is 502. The molecule has 2 atom stereocenters. The van der Waals surface area contributed by atoms with Gasteiger partial charge >= 0.3 is 0 Å². The molecular weight excluding hydrogens is 314 g/mol. The lowest BCUT2D eigenvalue weighted by Gasteiger charge is -2.17. The number of nitrogens with two attached hydrogens (primary N) is 1. The molecule has 4 nitrogen and oxygen atoms in total. The summed E-state index contributed by atoms with van der Waals surface area (Å²) in [5.41, 5.74) is 5.65. The van der Waals surface area contributed by atoms with Crippen LogP contribution in [0.15, 0.2) is 18.2 Å². The molecule has 1 aliphatic carbocycles. The fourth-order valence-corrected chi connectivity index (χ4v) is 2.70. The Hall–Kier alpha value is -1.40. The van der Waals surface area contributed by atoms with Crippen LogP contribution in [-0.2, 0) is 4.79 Å². The third kappa shape index (κ3) is 4.81. The lowest BCUT2D eigenvalue weighted by molar-refractivity contribution is -0.126. The number of benzene rings is 1. The first-order valence-electron chi connectivity index (χ1n) is 7.17. The molecule has 0 spiro atoms. The summed E-state index contributed by atoms with van der Waals surface area (Å²) >= 11 is 0. The highest BCUT2D eigenvalue weighted by atomic mass is 35.5. The van der Waals surface area contributed by atoms with Crippen LogP contribution in [0.3, 0.4) is 0 Å². The molecule has 0 radical (unpaired) electrons. The van der Waals surface area contributed by atoms with Crippen molar-refractivity contribution in [2.24, 2.45) is 17.6 Å². The molecule has 2 rings (SSSR count). The molecule has 1 fully saturated rings. The summed E-state index contributed by atoms with van der Waals surface area (Å²) in [6, 6.07) is 3.34.